The number of hydrogen-bond acceptors (Lipinski definition) is 10. The van der Waals surface area contributed by atoms with Crippen molar-refractivity contribution in [1.82, 2.24) is 14.9 Å². The molecule has 2 aliphatic rings. The maximum Gasteiger partial charge on any atom is 0.155 e. The van der Waals surface area contributed by atoms with Gasteiger partial charge in [0.1, 0.15) is 23.1 Å². The molecule has 224 valence electrons. The van der Waals surface area contributed by atoms with Gasteiger partial charge in [-0.3, -0.25) is 9.69 Å². The molecular weight excluding hydrogens is 581 g/mol. The van der Waals surface area contributed by atoms with Crippen molar-refractivity contribution < 1.29 is 23.7 Å². The van der Waals surface area contributed by atoms with E-state index in [-0.39, 0.29) is 17.7 Å². The van der Waals surface area contributed by atoms with Gasteiger partial charge < -0.3 is 29.6 Å². The fourth-order valence-corrected chi connectivity index (χ4v) is 5.94. The van der Waals surface area contributed by atoms with Crippen LogP contribution in [0.4, 0.5) is 11.6 Å². The number of pyridine rings is 2. The zero-order valence-corrected chi connectivity index (χ0v) is 25.3. The van der Waals surface area contributed by atoms with Gasteiger partial charge in [-0.1, -0.05) is 29.8 Å². The fourth-order valence-electron chi connectivity index (χ4n) is 5.25. The van der Waals surface area contributed by atoms with Gasteiger partial charge in [0.05, 0.1) is 62.4 Å². The molecular formula is C30H35Cl2N5O5. The number of methoxy groups -OCH3 is 2. The molecule has 5 rings (SSSR count). The van der Waals surface area contributed by atoms with Crippen LogP contribution in [0, 0.1) is 5.92 Å². The first-order valence-corrected chi connectivity index (χ1v) is 14.6. The number of nitrogens with zero attached hydrogens (tertiary/aromatic N) is 3. The van der Waals surface area contributed by atoms with Crippen LogP contribution in [-0.2, 0) is 14.3 Å². The summed E-state index contributed by atoms with van der Waals surface area (Å²) in [6, 6.07) is 5.46. The number of halogens is 2. The van der Waals surface area contributed by atoms with E-state index in [1.165, 1.54) is 20.3 Å². The molecule has 1 aromatic carbocycles. The van der Waals surface area contributed by atoms with E-state index in [9.17, 15) is 4.79 Å². The minimum atomic E-state index is -0.0503. The molecule has 2 saturated heterocycles. The molecule has 4 heterocycles. The smallest absolute Gasteiger partial charge is 0.155 e. The summed E-state index contributed by atoms with van der Waals surface area (Å²) in [4.78, 5) is 24.0. The Morgan fingerprint density at radius 3 is 2.55 bits per heavy atom. The number of fused-ring (bicyclic) bond motifs is 1. The summed E-state index contributed by atoms with van der Waals surface area (Å²) in [5, 5.41) is 9.38. The van der Waals surface area contributed by atoms with Crippen LogP contribution in [-0.4, -0.2) is 93.5 Å². The summed E-state index contributed by atoms with van der Waals surface area (Å²) in [6.45, 7) is 9.34. The lowest BCUT2D eigenvalue weighted by Gasteiger charge is -2.26. The van der Waals surface area contributed by atoms with E-state index in [0.717, 1.165) is 43.6 Å². The monoisotopic (exact) mass is 615 g/mol. The summed E-state index contributed by atoms with van der Waals surface area (Å²) < 4.78 is 22.1. The average molecular weight is 617 g/mol. The molecule has 42 heavy (non-hydrogen) atoms. The van der Waals surface area contributed by atoms with Crippen molar-refractivity contribution in [2.24, 2.45) is 5.92 Å². The number of nitrogens with one attached hydrogen (secondary N) is 2. The SMILES string of the molecule is C=CC(=O)C[C@H]1COC[C@H]1Nc1cc2c(NCCN3CCOCC3)nc(-c3c(Cl)c(OC)cc(OC)c3Cl)cc2cn1. The Morgan fingerprint density at radius 2 is 1.86 bits per heavy atom. The Balaban J connectivity index is 1.50. The number of morpholine rings is 1. The molecule has 2 aromatic heterocycles. The molecule has 2 aliphatic heterocycles. The molecule has 0 aliphatic carbocycles. The Labute approximate surface area is 255 Å². The third kappa shape index (κ3) is 6.74. The Bertz CT molecular complexity index is 1420. The van der Waals surface area contributed by atoms with Crippen LogP contribution in [0.15, 0.2) is 37.1 Å². The van der Waals surface area contributed by atoms with Crippen LogP contribution in [0.5, 0.6) is 11.5 Å². The normalized spacial score (nSPS) is 19.0. The second-order valence-electron chi connectivity index (χ2n) is 10.2. The van der Waals surface area contributed by atoms with E-state index in [0.29, 0.717) is 70.6 Å². The molecule has 0 unspecified atom stereocenters. The number of aromatic nitrogens is 2. The number of allylic oxidation sites excluding steroid dienone is 1. The number of rotatable bonds is 12. The van der Waals surface area contributed by atoms with Gasteiger partial charge in [-0.25, -0.2) is 9.97 Å². The number of anilines is 2. The Kier molecular flexibility index (Phi) is 10.0. The van der Waals surface area contributed by atoms with E-state index in [1.54, 1.807) is 12.3 Å². The van der Waals surface area contributed by atoms with Crippen molar-refractivity contribution >= 4 is 51.4 Å². The first kappa shape index (κ1) is 30.3. The first-order valence-electron chi connectivity index (χ1n) is 13.9. The van der Waals surface area contributed by atoms with Gasteiger partial charge >= 0.3 is 0 Å². The number of ether oxygens (including phenoxy) is 4. The van der Waals surface area contributed by atoms with Gasteiger partial charge in [-0.2, -0.15) is 0 Å². The summed E-state index contributed by atoms with van der Waals surface area (Å²) in [7, 11) is 3.08. The maximum absolute atomic E-state index is 12.0. The lowest BCUT2D eigenvalue weighted by atomic mass is 9.97. The number of hydrogen-bond donors (Lipinski definition) is 2. The topological polar surface area (TPSA) is 107 Å². The van der Waals surface area contributed by atoms with Crippen LogP contribution >= 0.6 is 23.2 Å². The second-order valence-corrected chi connectivity index (χ2v) is 11.0. The second kappa shape index (κ2) is 13.9. The number of benzene rings is 1. The van der Waals surface area contributed by atoms with Crippen molar-refractivity contribution in [3.63, 3.8) is 0 Å². The number of carbonyl (C=O) groups excluding carboxylic acids is 1. The predicted molar refractivity (Wildman–Crippen MR) is 165 cm³/mol. The molecule has 2 N–H and O–H groups in total. The lowest BCUT2D eigenvalue weighted by molar-refractivity contribution is -0.115. The van der Waals surface area contributed by atoms with Crippen molar-refractivity contribution in [3.05, 3.63) is 47.1 Å². The van der Waals surface area contributed by atoms with Crippen LogP contribution < -0.4 is 20.1 Å². The summed E-state index contributed by atoms with van der Waals surface area (Å²) in [6.07, 6.45) is 3.52. The minimum Gasteiger partial charge on any atom is -0.495 e. The standard InChI is InChI=1S/C30H35Cl2N5O5/c1-4-20(38)11-19-16-42-17-23(19)35-26-13-21-18(15-34-26)12-22(27-28(31)24(39-2)14-25(40-3)29(27)32)36-30(21)33-5-6-37-7-9-41-10-8-37/h4,12-15,19,23H,1,5-11,16-17H2,2-3H3,(H,33,36)(H,34,35)/t19-,23+/m0/s1. The highest BCUT2D eigenvalue weighted by Crippen LogP contribution is 2.46. The molecule has 3 aromatic rings. The quantitative estimate of drug-likeness (QED) is 0.272. The van der Waals surface area contributed by atoms with Crippen molar-refractivity contribution in [2.75, 3.05) is 77.5 Å². The van der Waals surface area contributed by atoms with Gasteiger partial charge in [0.2, 0.25) is 0 Å². The van der Waals surface area contributed by atoms with Crippen molar-refractivity contribution in [2.45, 2.75) is 12.5 Å². The third-order valence-corrected chi connectivity index (χ3v) is 8.34. The molecule has 12 heteroatoms. The Hall–Kier alpha value is -3.15. The van der Waals surface area contributed by atoms with Gasteiger partial charge in [-0.05, 0) is 18.2 Å². The van der Waals surface area contributed by atoms with Gasteiger partial charge in [0.15, 0.2) is 5.78 Å². The van der Waals surface area contributed by atoms with Crippen LogP contribution in [0.3, 0.4) is 0 Å². The first-order chi connectivity index (χ1) is 20.4. The van der Waals surface area contributed by atoms with Crippen LogP contribution in [0.25, 0.3) is 22.0 Å². The largest absolute Gasteiger partial charge is 0.495 e. The van der Waals surface area contributed by atoms with Gasteiger partial charge in [0, 0.05) is 67.1 Å². The zero-order chi connectivity index (χ0) is 29.6. The average Bonchev–Trinajstić information content (AvgIpc) is 3.44. The molecule has 0 radical (unpaired) electrons. The van der Waals surface area contributed by atoms with Crippen molar-refractivity contribution in [1.29, 1.82) is 0 Å². The summed E-state index contributed by atoms with van der Waals surface area (Å²) in [5.74, 6) is 2.22. The zero-order valence-electron chi connectivity index (χ0n) is 23.8. The molecule has 2 atom stereocenters. The van der Waals surface area contributed by atoms with Gasteiger partial charge in [0.25, 0.3) is 0 Å². The predicted octanol–water partition coefficient (Wildman–Crippen LogP) is 4.94. The molecule has 2 fully saturated rings. The molecule has 0 spiro atoms. The maximum atomic E-state index is 12.0. The molecule has 0 bridgehead atoms. The highest BCUT2D eigenvalue weighted by atomic mass is 35.5. The van der Waals surface area contributed by atoms with Gasteiger partial charge in [-0.15, -0.1) is 0 Å². The van der Waals surface area contributed by atoms with Crippen LogP contribution in [0.2, 0.25) is 10.0 Å². The third-order valence-electron chi connectivity index (χ3n) is 7.59. The van der Waals surface area contributed by atoms with E-state index >= 15 is 0 Å². The molecule has 0 saturated carbocycles. The highest BCUT2D eigenvalue weighted by molar-refractivity contribution is 6.41. The Morgan fingerprint density at radius 1 is 1.12 bits per heavy atom. The number of ketones is 1. The lowest BCUT2D eigenvalue weighted by Crippen LogP contribution is -2.39. The van der Waals surface area contributed by atoms with E-state index in [2.05, 4.69) is 27.1 Å². The summed E-state index contributed by atoms with van der Waals surface area (Å²) >= 11 is 13.5. The van der Waals surface area contributed by atoms with E-state index in [1.807, 2.05) is 12.1 Å². The van der Waals surface area contributed by atoms with Crippen LogP contribution in [0.1, 0.15) is 6.42 Å². The highest BCUT2D eigenvalue weighted by Gasteiger charge is 2.30. The fraction of sp³-hybridized carbons (Fsp3) is 0.433. The minimum absolute atomic E-state index is 0.00116. The molecule has 0 amide bonds. The number of carbonyl (C=O) groups is 1. The van der Waals surface area contributed by atoms with E-state index in [4.69, 9.17) is 47.1 Å². The summed E-state index contributed by atoms with van der Waals surface area (Å²) in [5.41, 5.74) is 1.06. The van der Waals surface area contributed by atoms with E-state index < -0.39 is 0 Å². The molecule has 10 nitrogen and oxygen atoms in total. The van der Waals surface area contributed by atoms with Crippen molar-refractivity contribution in [3.8, 4) is 22.8 Å².